The molecule has 1 saturated carbocycles. The van der Waals surface area contributed by atoms with E-state index in [4.69, 9.17) is 5.73 Å². The molecule has 3 heteroatoms. The lowest BCUT2D eigenvalue weighted by molar-refractivity contribution is 0.167. The maximum absolute atomic E-state index is 13.3. The molecule has 1 aromatic rings. The van der Waals surface area contributed by atoms with Crippen molar-refractivity contribution in [2.75, 3.05) is 13.1 Å². The van der Waals surface area contributed by atoms with E-state index in [1.54, 1.807) is 12.1 Å². The molecule has 0 heterocycles. The van der Waals surface area contributed by atoms with Crippen molar-refractivity contribution < 1.29 is 4.39 Å². The Balaban J connectivity index is 2.02. The van der Waals surface area contributed by atoms with Crippen molar-refractivity contribution in [2.24, 2.45) is 11.7 Å². The van der Waals surface area contributed by atoms with Gasteiger partial charge in [0.2, 0.25) is 0 Å². The molecular formula is C17H27FN2. The van der Waals surface area contributed by atoms with Gasteiger partial charge in [0.1, 0.15) is 5.82 Å². The Morgan fingerprint density at radius 3 is 2.55 bits per heavy atom. The van der Waals surface area contributed by atoms with Crippen LogP contribution in [0.3, 0.4) is 0 Å². The summed E-state index contributed by atoms with van der Waals surface area (Å²) >= 11 is 0. The SMILES string of the molecule is CC(C)CN(CC(N)c1cccc(F)c1)C1CCCC1. The predicted octanol–water partition coefficient (Wildman–Crippen LogP) is 3.73. The van der Waals surface area contributed by atoms with Gasteiger partial charge in [-0.2, -0.15) is 0 Å². The molecule has 0 amide bonds. The average Bonchev–Trinajstić information content (AvgIpc) is 2.91. The van der Waals surface area contributed by atoms with Crippen LogP contribution in [0.5, 0.6) is 0 Å². The van der Waals surface area contributed by atoms with Crippen LogP contribution in [0.4, 0.5) is 4.39 Å². The maximum atomic E-state index is 13.3. The standard InChI is InChI=1S/C17H27FN2/c1-13(2)11-20(16-8-3-4-9-16)12-17(19)14-6-5-7-15(18)10-14/h5-7,10,13,16-17H,3-4,8-9,11-12,19H2,1-2H3. The lowest BCUT2D eigenvalue weighted by Gasteiger charge is -2.32. The number of rotatable bonds is 6. The fraction of sp³-hybridized carbons (Fsp3) is 0.647. The van der Waals surface area contributed by atoms with E-state index in [2.05, 4.69) is 18.7 Å². The Morgan fingerprint density at radius 1 is 1.25 bits per heavy atom. The summed E-state index contributed by atoms with van der Waals surface area (Å²) in [6.07, 6.45) is 5.22. The number of hydrogen-bond acceptors (Lipinski definition) is 2. The van der Waals surface area contributed by atoms with E-state index >= 15 is 0 Å². The van der Waals surface area contributed by atoms with Gasteiger partial charge in [-0.3, -0.25) is 4.90 Å². The van der Waals surface area contributed by atoms with Gasteiger partial charge in [0, 0.05) is 25.2 Å². The van der Waals surface area contributed by atoms with E-state index in [-0.39, 0.29) is 11.9 Å². The first-order valence-corrected chi connectivity index (χ1v) is 7.81. The summed E-state index contributed by atoms with van der Waals surface area (Å²) in [7, 11) is 0. The van der Waals surface area contributed by atoms with Crippen LogP contribution in [-0.4, -0.2) is 24.0 Å². The van der Waals surface area contributed by atoms with Gasteiger partial charge < -0.3 is 5.73 Å². The van der Waals surface area contributed by atoms with Crippen molar-refractivity contribution >= 4 is 0 Å². The van der Waals surface area contributed by atoms with Crippen LogP contribution in [0, 0.1) is 11.7 Å². The molecule has 1 aliphatic carbocycles. The summed E-state index contributed by atoms with van der Waals surface area (Å²) in [5.74, 6) is 0.435. The Bertz CT molecular complexity index is 413. The van der Waals surface area contributed by atoms with Gasteiger partial charge in [-0.1, -0.05) is 38.8 Å². The number of benzene rings is 1. The van der Waals surface area contributed by atoms with E-state index in [1.807, 2.05) is 6.07 Å². The Morgan fingerprint density at radius 2 is 1.95 bits per heavy atom. The molecule has 20 heavy (non-hydrogen) atoms. The summed E-state index contributed by atoms with van der Waals surface area (Å²) in [5.41, 5.74) is 7.20. The van der Waals surface area contributed by atoms with E-state index in [0.29, 0.717) is 12.0 Å². The van der Waals surface area contributed by atoms with Gasteiger partial charge >= 0.3 is 0 Å². The lowest BCUT2D eigenvalue weighted by atomic mass is 10.0. The van der Waals surface area contributed by atoms with Crippen LogP contribution >= 0.6 is 0 Å². The first-order valence-electron chi connectivity index (χ1n) is 7.81. The largest absolute Gasteiger partial charge is 0.323 e. The zero-order valence-corrected chi connectivity index (χ0v) is 12.7. The highest BCUT2D eigenvalue weighted by Crippen LogP contribution is 2.26. The quantitative estimate of drug-likeness (QED) is 0.859. The minimum absolute atomic E-state index is 0.106. The van der Waals surface area contributed by atoms with Gasteiger partial charge in [0.05, 0.1) is 0 Å². The molecule has 2 N–H and O–H groups in total. The third-order valence-electron chi connectivity index (χ3n) is 4.15. The topological polar surface area (TPSA) is 29.3 Å². The summed E-state index contributed by atoms with van der Waals surface area (Å²) in [4.78, 5) is 2.52. The zero-order chi connectivity index (χ0) is 14.5. The van der Waals surface area contributed by atoms with Crippen molar-refractivity contribution in [1.29, 1.82) is 0 Å². The zero-order valence-electron chi connectivity index (χ0n) is 12.7. The molecule has 2 nitrogen and oxygen atoms in total. The number of nitrogens with two attached hydrogens (primary N) is 1. The molecule has 1 unspecified atom stereocenters. The van der Waals surface area contributed by atoms with Crippen LogP contribution < -0.4 is 5.73 Å². The summed E-state index contributed by atoms with van der Waals surface area (Å²) < 4.78 is 13.3. The second-order valence-corrected chi connectivity index (χ2v) is 6.45. The fourth-order valence-electron chi connectivity index (χ4n) is 3.21. The maximum Gasteiger partial charge on any atom is 0.123 e. The van der Waals surface area contributed by atoms with Crippen molar-refractivity contribution in [3.05, 3.63) is 35.6 Å². The van der Waals surface area contributed by atoms with Crippen molar-refractivity contribution in [3.63, 3.8) is 0 Å². The molecule has 0 aliphatic heterocycles. The molecule has 0 radical (unpaired) electrons. The van der Waals surface area contributed by atoms with Crippen LogP contribution in [-0.2, 0) is 0 Å². The first kappa shape index (κ1) is 15.5. The molecule has 0 spiro atoms. The molecule has 1 fully saturated rings. The normalized spacial score (nSPS) is 18.1. The molecule has 1 atom stereocenters. The lowest BCUT2D eigenvalue weighted by Crippen LogP contribution is -2.41. The van der Waals surface area contributed by atoms with Crippen LogP contribution in [0.1, 0.15) is 51.1 Å². The summed E-state index contributed by atoms with van der Waals surface area (Å²) in [6, 6.07) is 7.26. The third-order valence-corrected chi connectivity index (χ3v) is 4.15. The first-order chi connectivity index (χ1) is 9.56. The van der Waals surface area contributed by atoms with Gasteiger partial charge in [0.15, 0.2) is 0 Å². The van der Waals surface area contributed by atoms with Crippen molar-refractivity contribution in [1.82, 2.24) is 4.90 Å². The van der Waals surface area contributed by atoms with Crippen LogP contribution in [0.25, 0.3) is 0 Å². The monoisotopic (exact) mass is 278 g/mol. The smallest absolute Gasteiger partial charge is 0.123 e. The van der Waals surface area contributed by atoms with Crippen LogP contribution in [0.15, 0.2) is 24.3 Å². The van der Waals surface area contributed by atoms with Gasteiger partial charge in [0.25, 0.3) is 0 Å². The summed E-state index contributed by atoms with van der Waals surface area (Å²) in [6.45, 7) is 6.39. The summed E-state index contributed by atoms with van der Waals surface area (Å²) in [5, 5.41) is 0. The molecule has 2 rings (SSSR count). The minimum Gasteiger partial charge on any atom is -0.323 e. The number of nitrogens with zero attached hydrogens (tertiary/aromatic N) is 1. The van der Waals surface area contributed by atoms with E-state index in [9.17, 15) is 4.39 Å². The third kappa shape index (κ3) is 4.29. The highest BCUT2D eigenvalue weighted by atomic mass is 19.1. The Kier molecular flexibility index (Phi) is 5.55. The Hall–Kier alpha value is -0.930. The second kappa shape index (κ2) is 7.19. The highest BCUT2D eigenvalue weighted by Gasteiger charge is 2.25. The predicted molar refractivity (Wildman–Crippen MR) is 82.0 cm³/mol. The van der Waals surface area contributed by atoms with Crippen molar-refractivity contribution in [3.8, 4) is 0 Å². The van der Waals surface area contributed by atoms with Gasteiger partial charge in [-0.05, 0) is 36.5 Å². The Labute approximate surface area is 122 Å². The fourth-order valence-corrected chi connectivity index (χ4v) is 3.21. The molecule has 0 aromatic heterocycles. The molecule has 1 aromatic carbocycles. The van der Waals surface area contributed by atoms with Gasteiger partial charge in [-0.15, -0.1) is 0 Å². The average molecular weight is 278 g/mol. The van der Waals surface area contributed by atoms with Gasteiger partial charge in [-0.25, -0.2) is 4.39 Å². The molecule has 1 aliphatic rings. The van der Waals surface area contributed by atoms with E-state index in [1.165, 1.54) is 31.7 Å². The molecular weight excluding hydrogens is 251 g/mol. The number of halogens is 1. The van der Waals surface area contributed by atoms with E-state index in [0.717, 1.165) is 18.7 Å². The minimum atomic E-state index is -0.200. The van der Waals surface area contributed by atoms with Crippen LogP contribution in [0.2, 0.25) is 0 Å². The van der Waals surface area contributed by atoms with Crippen molar-refractivity contribution in [2.45, 2.75) is 51.6 Å². The molecule has 112 valence electrons. The number of hydrogen-bond donors (Lipinski definition) is 1. The van der Waals surface area contributed by atoms with E-state index < -0.39 is 0 Å². The second-order valence-electron chi connectivity index (χ2n) is 6.45. The molecule has 0 saturated heterocycles. The molecule has 0 bridgehead atoms. The highest BCUT2D eigenvalue weighted by molar-refractivity contribution is 5.20.